The van der Waals surface area contributed by atoms with Gasteiger partial charge in [-0.3, -0.25) is 9.69 Å². The summed E-state index contributed by atoms with van der Waals surface area (Å²) in [5.74, 6) is 1.52. The number of fused-ring (bicyclic) bond motifs is 1. The number of H-pyrrole nitrogens is 1. The van der Waals surface area contributed by atoms with Gasteiger partial charge in [0.05, 0.1) is 17.6 Å². The Balaban J connectivity index is 1.74. The second-order valence-corrected chi connectivity index (χ2v) is 5.39. The number of rotatable bonds is 3. The number of hydrogen-bond donors (Lipinski definition) is 2. The number of benzene rings is 1. The van der Waals surface area contributed by atoms with Crippen LogP contribution in [0, 0.1) is 0 Å². The van der Waals surface area contributed by atoms with Crippen molar-refractivity contribution < 1.29 is 4.79 Å². The topological polar surface area (TPSA) is 61.0 Å². The highest BCUT2D eigenvalue weighted by Crippen LogP contribution is 2.26. The minimum absolute atomic E-state index is 0.0789. The van der Waals surface area contributed by atoms with Gasteiger partial charge in [0.1, 0.15) is 5.82 Å². The molecule has 5 heteroatoms. The molecule has 106 valence electrons. The number of imidazole rings is 1. The van der Waals surface area contributed by atoms with E-state index in [1.165, 1.54) is 0 Å². The van der Waals surface area contributed by atoms with E-state index in [1.807, 2.05) is 18.2 Å². The van der Waals surface area contributed by atoms with E-state index >= 15 is 0 Å². The first-order valence-electron chi connectivity index (χ1n) is 7.14. The summed E-state index contributed by atoms with van der Waals surface area (Å²) in [7, 11) is 1.68. The van der Waals surface area contributed by atoms with E-state index in [2.05, 4.69) is 26.3 Å². The third-order valence-electron chi connectivity index (χ3n) is 3.95. The van der Waals surface area contributed by atoms with Crippen molar-refractivity contribution in [2.75, 3.05) is 26.7 Å². The van der Waals surface area contributed by atoms with Crippen molar-refractivity contribution in [2.24, 2.45) is 0 Å². The Morgan fingerprint density at radius 3 is 3.15 bits per heavy atom. The highest BCUT2D eigenvalue weighted by Gasteiger charge is 2.24. The third kappa shape index (κ3) is 2.67. The van der Waals surface area contributed by atoms with Crippen LogP contribution in [0.1, 0.15) is 24.6 Å². The molecule has 1 amide bonds. The lowest BCUT2D eigenvalue weighted by atomic mass is 9.97. The molecular weight excluding hydrogens is 252 g/mol. The highest BCUT2D eigenvalue weighted by atomic mass is 16.1. The van der Waals surface area contributed by atoms with E-state index < -0.39 is 0 Å². The molecule has 1 aliphatic rings. The number of likely N-dealkylation sites (N-methyl/N-ethyl adjacent to an activating group) is 1. The van der Waals surface area contributed by atoms with Gasteiger partial charge in [-0.1, -0.05) is 12.1 Å². The average molecular weight is 272 g/mol. The molecule has 0 aliphatic carbocycles. The second-order valence-electron chi connectivity index (χ2n) is 5.39. The van der Waals surface area contributed by atoms with Gasteiger partial charge >= 0.3 is 0 Å². The minimum Gasteiger partial charge on any atom is -0.358 e. The predicted octanol–water partition coefficient (Wildman–Crippen LogP) is 1.49. The molecule has 3 rings (SSSR count). The molecule has 1 aromatic heterocycles. The van der Waals surface area contributed by atoms with Gasteiger partial charge in [-0.25, -0.2) is 4.98 Å². The lowest BCUT2D eigenvalue weighted by molar-refractivity contribution is -0.122. The predicted molar refractivity (Wildman–Crippen MR) is 78.6 cm³/mol. The number of piperidine rings is 1. The molecule has 0 radical (unpaired) electrons. The largest absolute Gasteiger partial charge is 0.358 e. The fraction of sp³-hybridized carbons (Fsp3) is 0.467. The van der Waals surface area contributed by atoms with Gasteiger partial charge in [0.25, 0.3) is 0 Å². The van der Waals surface area contributed by atoms with Crippen molar-refractivity contribution in [3.63, 3.8) is 0 Å². The van der Waals surface area contributed by atoms with Crippen LogP contribution in [0.3, 0.4) is 0 Å². The molecule has 0 spiro atoms. The Hall–Kier alpha value is -1.88. The zero-order valence-electron chi connectivity index (χ0n) is 11.7. The molecule has 1 aliphatic heterocycles. The van der Waals surface area contributed by atoms with Crippen LogP contribution in [-0.2, 0) is 4.79 Å². The summed E-state index contributed by atoms with van der Waals surface area (Å²) in [4.78, 5) is 21.8. The number of carbonyl (C=O) groups is 1. The molecule has 1 fully saturated rings. The zero-order chi connectivity index (χ0) is 13.9. The normalized spacial score (nSPS) is 20.1. The first-order valence-corrected chi connectivity index (χ1v) is 7.14. The molecule has 1 atom stereocenters. The number of likely N-dealkylation sites (tertiary alicyclic amines) is 1. The first kappa shape index (κ1) is 13.1. The summed E-state index contributed by atoms with van der Waals surface area (Å²) < 4.78 is 0. The van der Waals surface area contributed by atoms with E-state index in [9.17, 15) is 4.79 Å². The Kier molecular flexibility index (Phi) is 3.69. The number of aromatic nitrogens is 2. The number of amides is 1. The number of hydrogen-bond acceptors (Lipinski definition) is 3. The number of para-hydroxylation sites is 2. The molecule has 0 bridgehead atoms. The summed E-state index contributed by atoms with van der Waals surface area (Å²) in [5, 5.41) is 2.68. The molecule has 5 nitrogen and oxygen atoms in total. The van der Waals surface area contributed by atoms with Crippen molar-refractivity contribution in [1.29, 1.82) is 0 Å². The van der Waals surface area contributed by atoms with Gasteiger partial charge < -0.3 is 10.3 Å². The Morgan fingerprint density at radius 2 is 2.35 bits per heavy atom. The molecular formula is C15H20N4O. The Bertz CT molecular complexity index is 574. The lowest BCUT2D eigenvalue weighted by Crippen LogP contribution is -2.41. The van der Waals surface area contributed by atoms with Gasteiger partial charge in [0.2, 0.25) is 5.91 Å². The van der Waals surface area contributed by atoms with Gasteiger partial charge in [-0.15, -0.1) is 0 Å². The molecule has 2 aromatic rings. The Labute approximate surface area is 118 Å². The summed E-state index contributed by atoms with van der Waals surface area (Å²) in [6.07, 6.45) is 2.24. The van der Waals surface area contributed by atoms with Crippen LogP contribution >= 0.6 is 0 Å². The standard InChI is InChI=1S/C15H20N4O/c1-16-14(20)10-19-8-4-5-11(9-19)15-17-12-6-2-3-7-13(12)18-15/h2-3,6-7,11H,4-5,8-10H2,1H3,(H,16,20)(H,17,18)/t11-/m0/s1. The maximum Gasteiger partial charge on any atom is 0.233 e. The van der Waals surface area contributed by atoms with Gasteiger partial charge in [-0.2, -0.15) is 0 Å². The summed E-state index contributed by atoms with van der Waals surface area (Å²) in [5.41, 5.74) is 2.11. The SMILES string of the molecule is CNC(=O)CN1CCC[C@H](c2nc3ccccc3[nH]2)C1. The molecule has 2 heterocycles. The third-order valence-corrected chi connectivity index (χ3v) is 3.95. The van der Waals surface area contributed by atoms with Crippen LogP contribution < -0.4 is 5.32 Å². The second kappa shape index (κ2) is 5.63. The first-order chi connectivity index (χ1) is 9.76. The molecule has 2 N–H and O–H groups in total. The van der Waals surface area contributed by atoms with E-state index in [-0.39, 0.29) is 5.91 Å². The highest BCUT2D eigenvalue weighted by molar-refractivity contribution is 5.77. The number of nitrogens with zero attached hydrogens (tertiary/aromatic N) is 2. The Morgan fingerprint density at radius 1 is 1.50 bits per heavy atom. The number of aromatic amines is 1. The van der Waals surface area contributed by atoms with Crippen LogP contribution in [-0.4, -0.2) is 47.5 Å². The summed E-state index contributed by atoms with van der Waals surface area (Å²) in [6, 6.07) is 8.10. The van der Waals surface area contributed by atoms with Crippen LogP contribution in [0.2, 0.25) is 0 Å². The van der Waals surface area contributed by atoms with Crippen molar-refractivity contribution in [2.45, 2.75) is 18.8 Å². The lowest BCUT2D eigenvalue weighted by Gasteiger charge is -2.31. The summed E-state index contributed by atoms with van der Waals surface area (Å²) in [6.45, 7) is 2.37. The van der Waals surface area contributed by atoms with Gasteiger partial charge in [0, 0.05) is 19.5 Å². The van der Waals surface area contributed by atoms with E-state index in [1.54, 1.807) is 7.05 Å². The maximum atomic E-state index is 11.5. The van der Waals surface area contributed by atoms with E-state index in [4.69, 9.17) is 0 Å². The fourth-order valence-corrected chi connectivity index (χ4v) is 2.87. The smallest absolute Gasteiger partial charge is 0.233 e. The molecule has 0 saturated carbocycles. The quantitative estimate of drug-likeness (QED) is 0.890. The van der Waals surface area contributed by atoms with Crippen molar-refractivity contribution >= 4 is 16.9 Å². The monoisotopic (exact) mass is 272 g/mol. The van der Waals surface area contributed by atoms with Crippen LogP contribution in [0.15, 0.2) is 24.3 Å². The zero-order valence-corrected chi connectivity index (χ0v) is 11.7. The molecule has 1 saturated heterocycles. The van der Waals surface area contributed by atoms with Crippen molar-refractivity contribution in [3.8, 4) is 0 Å². The van der Waals surface area contributed by atoms with E-state index in [0.29, 0.717) is 12.5 Å². The maximum absolute atomic E-state index is 11.5. The van der Waals surface area contributed by atoms with Crippen LogP contribution in [0.5, 0.6) is 0 Å². The fourth-order valence-electron chi connectivity index (χ4n) is 2.87. The molecule has 20 heavy (non-hydrogen) atoms. The van der Waals surface area contributed by atoms with Crippen LogP contribution in [0.25, 0.3) is 11.0 Å². The van der Waals surface area contributed by atoms with Gasteiger partial charge in [0.15, 0.2) is 0 Å². The van der Waals surface area contributed by atoms with Crippen LogP contribution in [0.4, 0.5) is 0 Å². The van der Waals surface area contributed by atoms with Crippen molar-refractivity contribution in [1.82, 2.24) is 20.2 Å². The minimum atomic E-state index is 0.0789. The van der Waals surface area contributed by atoms with Gasteiger partial charge in [-0.05, 0) is 31.5 Å². The average Bonchev–Trinajstić information content (AvgIpc) is 2.91. The summed E-state index contributed by atoms with van der Waals surface area (Å²) >= 11 is 0. The van der Waals surface area contributed by atoms with Crippen molar-refractivity contribution in [3.05, 3.63) is 30.1 Å². The molecule has 0 unspecified atom stereocenters. The number of nitrogens with one attached hydrogen (secondary N) is 2. The number of carbonyl (C=O) groups excluding carboxylic acids is 1. The van der Waals surface area contributed by atoms with E-state index in [0.717, 1.165) is 42.8 Å². The molecule has 1 aromatic carbocycles.